The third kappa shape index (κ3) is 20.4. The molecular weight excluding hydrogens is 303 g/mol. The SMILES string of the molecule is CCCCCCCCCCCC(=O)OCCS(=O)(=O)O.[NaH]. The van der Waals surface area contributed by atoms with Crippen molar-refractivity contribution in [2.24, 2.45) is 0 Å². The fourth-order valence-corrected chi connectivity index (χ4v) is 2.21. The molecule has 0 amide bonds. The molecule has 0 bridgehead atoms. The standard InChI is InChI=1S/C14H28O5S.Na.H/c1-2-3-4-5-6-7-8-9-10-11-14(15)19-12-13-20(16,17)18;;/h2-13H2,1H3,(H,16,17,18);;. The first kappa shape index (κ1) is 23.6. The van der Waals surface area contributed by atoms with Crippen molar-refractivity contribution in [3.8, 4) is 0 Å². The summed E-state index contributed by atoms with van der Waals surface area (Å²) in [7, 11) is -4.04. The van der Waals surface area contributed by atoms with Gasteiger partial charge in [-0.15, -0.1) is 0 Å². The molecule has 0 aromatic rings. The maximum absolute atomic E-state index is 11.2. The van der Waals surface area contributed by atoms with Gasteiger partial charge in [0.1, 0.15) is 12.4 Å². The van der Waals surface area contributed by atoms with Gasteiger partial charge in [-0.2, -0.15) is 8.42 Å². The van der Waals surface area contributed by atoms with Crippen molar-refractivity contribution in [1.29, 1.82) is 0 Å². The van der Waals surface area contributed by atoms with E-state index in [-0.39, 0.29) is 36.2 Å². The summed E-state index contributed by atoms with van der Waals surface area (Å²) in [6, 6.07) is 0. The Morgan fingerprint density at radius 2 is 1.43 bits per heavy atom. The van der Waals surface area contributed by atoms with Gasteiger partial charge < -0.3 is 4.74 Å². The fraction of sp³-hybridized carbons (Fsp3) is 0.929. The van der Waals surface area contributed by atoms with E-state index in [1.54, 1.807) is 0 Å². The van der Waals surface area contributed by atoms with Crippen LogP contribution in [0, 0.1) is 0 Å². The van der Waals surface area contributed by atoms with E-state index in [0.29, 0.717) is 6.42 Å². The van der Waals surface area contributed by atoms with E-state index in [9.17, 15) is 13.2 Å². The monoisotopic (exact) mass is 332 g/mol. The molecule has 0 spiro atoms. The number of carbonyl (C=O) groups is 1. The summed E-state index contributed by atoms with van der Waals surface area (Å²) >= 11 is 0. The number of carbonyl (C=O) groups excluding carboxylic acids is 1. The van der Waals surface area contributed by atoms with Crippen molar-refractivity contribution in [3.63, 3.8) is 0 Å². The van der Waals surface area contributed by atoms with Crippen LogP contribution in [0.1, 0.15) is 71.1 Å². The van der Waals surface area contributed by atoms with Gasteiger partial charge in [0, 0.05) is 6.42 Å². The van der Waals surface area contributed by atoms with E-state index in [1.807, 2.05) is 0 Å². The number of hydrogen-bond donors (Lipinski definition) is 1. The van der Waals surface area contributed by atoms with E-state index in [1.165, 1.54) is 38.5 Å². The third-order valence-corrected chi connectivity index (χ3v) is 3.77. The van der Waals surface area contributed by atoms with Crippen molar-refractivity contribution in [1.82, 2.24) is 0 Å². The molecule has 0 atom stereocenters. The van der Waals surface area contributed by atoms with Gasteiger partial charge in [-0.1, -0.05) is 58.3 Å². The Hall–Kier alpha value is 0.380. The molecule has 5 nitrogen and oxygen atoms in total. The first-order chi connectivity index (χ1) is 9.45. The van der Waals surface area contributed by atoms with Crippen molar-refractivity contribution >= 4 is 45.6 Å². The Labute approximate surface area is 151 Å². The summed E-state index contributed by atoms with van der Waals surface area (Å²) < 4.78 is 34.0. The number of unbranched alkanes of at least 4 members (excludes halogenated alkanes) is 8. The first-order valence-electron chi connectivity index (χ1n) is 7.56. The Kier molecular flexibility index (Phi) is 17.2. The van der Waals surface area contributed by atoms with Gasteiger partial charge in [0.15, 0.2) is 0 Å². The second-order valence-corrected chi connectivity index (χ2v) is 6.66. The predicted molar refractivity (Wildman–Crippen MR) is 86.4 cm³/mol. The molecule has 0 aromatic carbocycles. The average molecular weight is 332 g/mol. The predicted octanol–water partition coefficient (Wildman–Crippen LogP) is 2.69. The molecule has 1 N–H and O–H groups in total. The number of rotatable bonds is 13. The number of hydrogen-bond acceptors (Lipinski definition) is 4. The van der Waals surface area contributed by atoms with Gasteiger partial charge in [-0.25, -0.2) is 0 Å². The topological polar surface area (TPSA) is 80.7 Å². The van der Waals surface area contributed by atoms with Crippen LogP contribution in [0.3, 0.4) is 0 Å². The van der Waals surface area contributed by atoms with Crippen LogP contribution >= 0.6 is 0 Å². The van der Waals surface area contributed by atoms with Crippen molar-refractivity contribution in [2.45, 2.75) is 71.1 Å². The van der Waals surface area contributed by atoms with E-state index in [0.717, 1.165) is 19.3 Å². The molecule has 0 heterocycles. The van der Waals surface area contributed by atoms with Gasteiger partial charge >= 0.3 is 35.5 Å². The molecule has 21 heavy (non-hydrogen) atoms. The minimum absolute atomic E-state index is 0. The molecule has 0 unspecified atom stereocenters. The summed E-state index contributed by atoms with van der Waals surface area (Å²) in [5.41, 5.74) is 0. The molecule has 0 aromatic heterocycles. The molecule has 0 saturated heterocycles. The normalized spacial score (nSPS) is 11.0. The Morgan fingerprint density at radius 1 is 0.952 bits per heavy atom. The zero-order valence-corrected chi connectivity index (χ0v) is 13.3. The van der Waals surface area contributed by atoms with Gasteiger partial charge in [-0.05, 0) is 6.42 Å². The van der Waals surface area contributed by atoms with Crippen molar-refractivity contribution in [2.75, 3.05) is 12.4 Å². The Bertz CT molecular complexity index is 343. The summed E-state index contributed by atoms with van der Waals surface area (Å²) in [5.74, 6) is -0.923. The molecule has 0 aliphatic rings. The van der Waals surface area contributed by atoms with Crippen LogP contribution in [-0.4, -0.2) is 60.9 Å². The van der Waals surface area contributed by atoms with E-state index >= 15 is 0 Å². The molecule has 122 valence electrons. The first-order valence-corrected chi connectivity index (χ1v) is 9.17. The Morgan fingerprint density at radius 3 is 1.90 bits per heavy atom. The van der Waals surface area contributed by atoms with Crippen LogP contribution in [0.2, 0.25) is 0 Å². The van der Waals surface area contributed by atoms with Gasteiger partial charge in [-0.3, -0.25) is 9.35 Å². The van der Waals surface area contributed by atoms with Gasteiger partial charge in [0.2, 0.25) is 0 Å². The van der Waals surface area contributed by atoms with Crippen LogP contribution in [-0.2, 0) is 19.6 Å². The van der Waals surface area contributed by atoms with Crippen molar-refractivity contribution < 1.29 is 22.5 Å². The quantitative estimate of drug-likeness (QED) is 0.243. The summed E-state index contributed by atoms with van der Waals surface area (Å²) in [5, 5.41) is 0. The van der Waals surface area contributed by atoms with E-state index in [4.69, 9.17) is 9.29 Å². The van der Waals surface area contributed by atoms with E-state index in [2.05, 4.69) is 6.92 Å². The number of esters is 1. The van der Waals surface area contributed by atoms with Crippen LogP contribution in [0.5, 0.6) is 0 Å². The van der Waals surface area contributed by atoms with Crippen molar-refractivity contribution in [3.05, 3.63) is 0 Å². The molecule has 0 rings (SSSR count). The molecule has 7 heteroatoms. The third-order valence-electron chi connectivity index (χ3n) is 3.09. The molecule has 0 saturated carbocycles. The molecular formula is C14H29NaO5S. The second-order valence-electron chi connectivity index (χ2n) is 5.08. The summed E-state index contributed by atoms with van der Waals surface area (Å²) in [4.78, 5) is 11.2. The molecule has 0 radical (unpaired) electrons. The van der Waals surface area contributed by atoms with E-state index < -0.39 is 21.8 Å². The zero-order valence-electron chi connectivity index (χ0n) is 12.5. The zero-order chi connectivity index (χ0) is 15.3. The fourth-order valence-electron chi connectivity index (χ4n) is 1.91. The van der Waals surface area contributed by atoms with Crippen LogP contribution < -0.4 is 0 Å². The molecule has 0 fully saturated rings. The Balaban J connectivity index is 0. The number of ether oxygens (including phenoxy) is 1. The molecule has 0 aliphatic heterocycles. The minimum atomic E-state index is -4.04. The van der Waals surface area contributed by atoms with Gasteiger partial charge in [0.05, 0.1) is 0 Å². The van der Waals surface area contributed by atoms with Gasteiger partial charge in [0.25, 0.3) is 10.1 Å². The summed E-state index contributed by atoms with van der Waals surface area (Å²) in [6.07, 6.45) is 10.9. The molecule has 0 aliphatic carbocycles. The average Bonchev–Trinajstić information content (AvgIpc) is 2.35. The second kappa shape index (κ2) is 15.3. The summed E-state index contributed by atoms with van der Waals surface area (Å²) in [6.45, 7) is 1.93. The maximum atomic E-state index is 11.2. The van der Waals surface area contributed by atoms with Crippen LogP contribution in [0.4, 0.5) is 0 Å². The van der Waals surface area contributed by atoms with Crippen LogP contribution in [0.25, 0.3) is 0 Å². The van der Waals surface area contributed by atoms with Crippen LogP contribution in [0.15, 0.2) is 0 Å².